The van der Waals surface area contributed by atoms with E-state index in [2.05, 4.69) is 41.6 Å². The molecule has 0 aliphatic rings. The molecule has 216 valence electrons. The molecule has 0 radical (unpaired) electrons. The Kier molecular flexibility index (Phi) is 7.87. The summed E-state index contributed by atoms with van der Waals surface area (Å²) in [5.41, 5.74) is 2.37. The molecule has 5 aromatic rings. The van der Waals surface area contributed by atoms with Crippen LogP contribution in [0.3, 0.4) is 0 Å². The van der Waals surface area contributed by atoms with Gasteiger partial charge in [0.25, 0.3) is 11.8 Å². The molecule has 0 saturated carbocycles. The van der Waals surface area contributed by atoms with Crippen molar-refractivity contribution in [2.75, 3.05) is 5.32 Å². The van der Waals surface area contributed by atoms with Crippen molar-refractivity contribution in [1.82, 2.24) is 29.6 Å². The Morgan fingerprint density at radius 3 is 2.43 bits per heavy atom. The number of fused-ring (bicyclic) bond motifs is 1. The van der Waals surface area contributed by atoms with Crippen LogP contribution in [0.2, 0.25) is 0 Å². The molecule has 2 N–H and O–H groups in total. The minimum atomic E-state index is -4.72. The summed E-state index contributed by atoms with van der Waals surface area (Å²) in [4.78, 5) is 33.7. The Hall–Kier alpha value is -4.52. The van der Waals surface area contributed by atoms with Crippen LogP contribution in [0, 0.1) is 13.8 Å². The van der Waals surface area contributed by atoms with Crippen molar-refractivity contribution < 1.29 is 22.8 Å². The molecule has 5 rings (SSSR count). The van der Waals surface area contributed by atoms with Crippen LogP contribution in [0.5, 0.6) is 0 Å². The normalized spacial score (nSPS) is 11.6. The van der Waals surface area contributed by atoms with E-state index in [1.165, 1.54) is 6.07 Å². The quantitative estimate of drug-likeness (QED) is 0.234. The zero-order valence-corrected chi connectivity index (χ0v) is 24.3. The van der Waals surface area contributed by atoms with Gasteiger partial charge in [0, 0.05) is 28.7 Å². The smallest absolute Gasteiger partial charge is 0.346 e. The van der Waals surface area contributed by atoms with Crippen molar-refractivity contribution >= 4 is 44.3 Å². The molecule has 0 bridgehead atoms. The maximum absolute atomic E-state index is 13.5. The van der Waals surface area contributed by atoms with Gasteiger partial charge in [0.1, 0.15) is 5.69 Å². The predicted octanol–water partition coefficient (Wildman–Crippen LogP) is 5.79. The zero-order valence-electron chi connectivity index (χ0n) is 22.8. The Labute approximate surface area is 246 Å². The van der Waals surface area contributed by atoms with Crippen LogP contribution in [0.15, 0.2) is 65.5 Å². The van der Waals surface area contributed by atoms with E-state index in [4.69, 9.17) is 0 Å². The van der Waals surface area contributed by atoms with Gasteiger partial charge in [0.05, 0.1) is 53.3 Å². The number of nitrogens with zero attached hydrogens (tertiary/aromatic N) is 5. The lowest BCUT2D eigenvalue weighted by Gasteiger charge is -2.13. The van der Waals surface area contributed by atoms with Crippen molar-refractivity contribution in [2.45, 2.75) is 33.1 Å². The lowest BCUT2D eigenvalue weighted by Crippen LogP contribution is -2.23. The number of carbonyl (C=O) groups excluding carboxylic acids is 2. The highest BCUT2D eigenvalue weighted by molar-refractivity contribution is 9.10. The number of aromatic nitrogens is 5. The molecule has 0 saturated heterocycles. The maximum atomic E-state index is 13.5. The molecule has 0 spiro atoms. The van der Waals surface area contributed by atoms with E-state index in [1.54, 1.807) is 53.7 Å². The number of benzene rings is 2. The van der Waals surface area contributed by atoms with Gasteiger partial charge in [-0.2, -0.15) is 18.3 Å². The summed E-state index contributed by atoms with van der Waals surface area (Å²) in [6.45, 7) is 4.13. The van der Waals surface area contributed by atoms with Crippen molar-refractivity contribution in [2.24, 2.45) is 7.05 Å². The lowest BCUT2D eigenvalue weighted by atomic mass is 10.1. The number of hydrogen-bond donors (Lipinski definition) is 2. The van der Waals surface area contributed by atoms with Crippen LogP contribution in [-0.2, 0) is 26.3 Å². The number of aryl methyl sites for hydroxylation is 2. The monoisotopic (exact) mass is 639 g/mol. The molecule has 42 heavy (non-hydrogen) atoms. The zero-order chi connectivity index (χ0) is 30.2. The maximum Gasteiger partial charge on any atom is 0.433 e. The summed E-state index contributed by atoms with van der Waals surface area (Å²) in [5, 5.41) is 10.4. The number of imidazole rings is 1. The van der Waals surface area contributed by atoms with Gasteiger partial charge in [-0.25, -0.2) is 9.97 Å². The molecule has 0 aliphatic heterocycles. The molecular formula is C29H25BrF3N7O2. The van der Waals surface area contributed by atoms with Gasteiger partial charge in [0.2, 0.25) is 0 Å². The van der Waals surface area contributed by atoms with E-state index < -0.39 is 17.8 Å². The molecule has 9 nitrogen and oxygen atoms in total. The number of alkyl halides is 3. The third kappa shape index (κ3) is 6.20. The van der Waals surface area contributed by atoms with E-state index in [0.29, 0.717) is 40.2 Å². The van der Waals surface area contributed by atoms with Crippen LogP contribution < -0.4 is 10.6 Å². The number of pyridine rings is 1. The molecule has 13 heteroatoms. The third-order valence-electron chi connectivity index (χ3n) is 6.66. The van der Waals surface area contributed by atoms with Gasteiger partial charge < -0.3 is 15.2 Å². The highest BCUT2D eigenvalue weighted by Crippen LogP contribution is 2.32. The van der Waals surface area contributed by atoms with Crippen LogP contribution >= 0.6 is 15.9 Å². The van der Waals surface area contributed by atoms with Gasteiger partial charge >= 0.3 is 6.18 Å². The second kappa shape index (κ2) is 11.4. The van der Waals surface area contributed by atoms with E-state index in [0.717, 1.165) is 17.3 Å². The number of carbonyl (C=O) groups is 2. The predicted molar refractivity (Wildman–Crippen MR) is 154 cm³/mol. The summed E-state index contributed by atoms with van der Waals surface area (Å²) in [6, 6.07) is 12.3. The number of anilines is 1. The topological polar surface area (TPSA) is 107 Å². The second-order valence-corrected chi connectivity index (χ2v) is 10.7. The fourth-order valence-corrected chi connectivity index (χ4v) is 4.87. The largest absolute Gasteiger partial charge is 0.433 e. The van der Waals surface area contributed by atoms with Gasteiger partial charge in [-0.05, 0) is 55.8 Å². The molecule has 2 amide bonds. The summed E-state index contributed by atoms with van der Waals surface area (Å²) in [5.74, 6) is -0.939. The Morgan fingerprint density at radius 1 is 1.02 bits per heavy atom. The summed E-state index contributed by atoms with van der Waals surface area (Å²) >= 11 is 3.31. The summed E-state index contributed by atoms with van der Waals surface area (Å²) in [6.07, 6.45) is -1.23. The van der Waals surface area contributed by atoms with Crippen LogP contribution in [-0.4, -0.2) is 36.1 Å². The minimum Gasteiger partial charge on any atom is -0.346 e. The van der Waals surface area contributed by atoms with Crippen molar-refractivity contribution in [1.29, 1.82) is 0 Å². The first kappa shape index (κ1) is 29.0. The molecule has 3 aromatic heterocycles. The minimum absolute atomic E-state index is 0.0520. The van der Waals surface area contributed by atoms with E-state index in [1.807, 2.05) is 25.4 Å². The van der Waals surface area contributed by atoms with Crippen molar-refractivity contribution in [3.05, 3.63) is 105 Å². The average molecular weight is 640 g/mol. The molecule has 0 fully saturated rings. The first-order chi connectivity index (χ1) is 19.9. The molecular weight excluding hydrogens is 615 g/mol. The average Bonchev–Trinajstić information content (AvgIpc) is 3.48. The third-order valence-corrected chi connectivity index (χ3v) is 7.16. The summed E-state index contributed by atoms with van der Waals surface area (Å²) in [7, 11) is 1.85. The number of nitrogens with one attached hydrogen (secondary N) is 2. The fourth-order valence-electron chi connectivity index (χ4n) is 4.51. The number of amides is 2. The Morgan fingerprint density at radius 2 is 1.76 bits per heavy atom. The van der Waals surface area contributed by atoms with Gasteiger partial charge in [-0.15, -0.1) is 0 Å². The summed E-state index contributed by atoms with van der Waals surface area (Å²) < 4.78 is 44.7. The molecule has 3 heterocycles. The molecule has 0 aliphatic carbocycles. The van der Waals surface area contributed by atoms with Crippen LogP contribution in [0.1, 0.15) is 49.1 Å². The second-order valence-electron chi connectivity index (χ2n) is 9.78. The lowest BCUT2D eigenvalue weighted by molar-refractivity contribution is -0.141. The highest BCUT2D eigenvalue weighted by Gasteiger charge is 2.34. The number of rotatable bonds is 7. The number of halogens is 4. The first-order valence-electron chi connectivity index (χ1n) is 12.8. The van der Waals surface area contributed by atoms with Gasteiger partial charge in [-0.1, -0.05) is 28.1 Å². The van der Waals surface area contributed by atoms with Gasteiger partial charge in [-0.3, -0.25) is 14.3 Å². The van der Waals surface area contributed by atoms with Crippen LogP contribution in [0.4, 0.5) is 18.9 Å². The molecule has 0 unspecified atom stereocenters. The van der Waals surface area contributed by atoms with Crippen molar-refractivity contribution in [3.8, 4) is 0 Å². The standard InChI is InChI=1S/C29H25BrF3N7O2/c1-16-26(37-28(42)23-11-25(29(31,32)33)36-24-9-8-20(30)10-22(23)24)17(2)40(38-16)13-18-4-6-19(7-5-18)27(41)34-12-21-14-39(3)15-35-21/h4-11,14-15H,12-13H2,1-3H3,(H,34,41)(H,37,42). The first-order valence-corrected chi connectivity index (χ1v) is 13.5. The van der Waals surface area contributed by atoms with E-state index >= 15 is 0 Å². The van der Waals surface area contributed by atoms with Crippen LogP contribution in [0.25, 0.3) is 10.9 Å². The highest BCUT2D eigenvalue weighted by atomic mass is 79.9. The van der Waals surface area contributed by atoms with Gasteiger partial charge in [0.15, 0.2) is 0 Å². The SMILES string of the molecule is Cc1nn(Cc2ccc(C(=O)NCc3cn(C)cn3)cc2)c(C)c1NC(=O)c1cc(C(F)(F)F)nc2ccc(Br)cc12. The van der Waals surface area contributed by atoms with Crippen molar-refractivity contribution in [3.63, 3.8) is 0 Å². The van der Waals surface area contributed by atoms with E-state index in [-0.39, 0.29) is 22.4 Å². The molecule has 2 aromatic carbocycles. The van der Waals surface area contributed by atoms with E-state index in [9.17, 15) is 22.8 Å². The molecule has 0 atom stereocenters. The number of hydrogen-bond acceptors (Lipinski definition) is 5. The Bertz CT molecular complexity index is 1810. The Balaban J connectivity index is 1.33. The fraction of sp³-hybridized carbons (Fsp3) is 0.207.